The number of hydrogen-bond acceptors (Lipinski definition) is 4. The minimum Gasteiger partial charge on any atom is -0.369 e. The number of rotatable bonds is 4. The van der Waals surface area contributed by atoms with E-state index in [0.717, 1.165) is 22.7 Å². The normalized spacial score (nSPS) is 15.9. The summed E-state index contributed by atoms with van der Waals surface area (Å²) in [4.78, 5) is 8.40. The molecule has 0 unspecified atom stereocenters. The van der Waals surface area contributed by atoms with E-state index >= 15 is 0 Å². The maximum absolute atomic E-state index is 4.23. The van der Waals surface area contributed by atoms with E-state index in [9.17, 15) is 0 Å². The van der Waals surface area contributed by atoms with Crippen LogP contribution in [0.3, 0.4) is 0 Å². The van der Waals surface area contributed by atoms with E-state index in [-0.39, 0.29) is 0 Å². The van der Waals surface area contributed by atoms with Gasteiger partial charge in [0, 0.05) is 12.6 Å². The van der Waals surface area contributed by atoms with Gasteiger partial charge in [-0.3, -0.25) is 0 Å². The molecular formula is C10H15BrN4. The van der Waals surface area contributed by atoms with Crippen molar-refractivity contribution < 1.29 is 0 Å². The predicted octanol–water partition coefficient (Wildman–Crippen LogP) is 2.64. The molecule has 0 spiro atoms. The molecule has 5 heteroatoms. The standard InChI is InChI=1S/C10H15BrN4/c1-2-12-9-8(11)10(14-6-13-9)15-7-4-3-5-7/h6-7H,2-5H2,1H3,(H2,12,13,14,15). The van der Waals surface area contributed by atoms with Crippen LogP contribution in [-0.4, -0.2) is 22.6 Å². The van der Waals surface area contributed by atoms with Gasteiger partial charge in [0.15, 0.2) is 0 Å². The second-order valence-electron chi connectivity index (χ2n) is 3.69. The van der Waals surface area contributed by atoms with Crippen LogP contribution >= 0.6 is 15.9 Å². The summed E-state index contributed by atoms with van der Waals surface area (Å²) in [5.41, 5.74) is 0. The Labute approximate surface area is 98.0 Å². The fraction of sp³-hybridized carbons (Fsp3) is 0.600. The molecule has 82 valence electrons. The summed E-state index contributed by atoms with van der Waals surface area (Å²) in [6.45, 7) is 2.91. The van der Waals surface area contributed by atoms with Gasteiger partial charge in [-0.15, -0.1) is 0 Å². The molecule has 0 saturated heterocycles. The lowest BCUT2D eigenvalue weighted by Crippen LogP contribution is -2.27. The maximum Gasteiger partial charge on any atom is 0.146 e. The van der Waals surface area contributed by atoms with Crippen molar-refractivity contribution in [3.63, 3.8) is 0 Å². The van der Waals surface area contributed by atoms with Crippen LogP contribution in [0.1, 0.15) is 26.2 Å². The minimum atomic E-state index is 0.589. The zero-order valence-corrected chi connectivity index (χ0v) is 10.3. The number of halogens is 1. The summed E-state index contributed by atoms with van der Waals surface area (Å²) in [5.74, 6) is 1.75. The second kappa shape index (κ2) is 4.79. The molecule has 15 heavy (non-hydrogen) atoms. The average molecular weight is 271 g/mol. The van der Waals surface area contributed by atoms with Crippen molar-refractivity contribution in [2.45, 2.75) is 32.2 Å². The quantitative estimate of drug-likeness (QED) is 0.883. The molecule has 0 radical (unpaired) electrons. The van der Waals surface area contributed by atoms with Crippen molar-refractivity contribution in [3.8, 4) is 0 Å². The van der Waals surface area contributed by atoms with Crippen LogP contribution in [0.25, 0.3) is 0 Å². The van der Waals surface area contributed by atoms with Gasteiger partial charge in [0.05, 0.1) is 0 Å². The zero-order valence-electron chi connectivity index (χ0n) is 8.76. The fourth-order valence-electron chi connectivity index (χ4n) is 1.51. The number of aromatic nitrogens is 2. The Kier molecular flexibility index (Phi) is 3.41. The van der Waals surface area contributed by atoms with Gasteiger partial charge in [-0.25, -0.2) is 9.97 Å². The molecule has 0 amide bonds. The van der Waals surface area contributed by atoms with E-state index in [2.05, 4.69) is 36.5 Å². The Morgan fingerprint density at radius 1 is 1.40 bits per heavy atom. The molecule has 0 aromatic carbocycles. The molecule has 4 nitrogen and oxygen atoms in total. The first-order valence-corrected chi connectivity index (χ1v) is 6.11. The Morgan fingerprint density at radius 3 is 2.73 bits per heavy atom. The van der Waals surface area contributed by atoms with E-state index in [1.807, 2.05) is 6.92 Å². The fourth-order valence-corrected chi connectivity index (χ4v) is 1.97. The Morgan fingerprint density at radius 2 is 2.13 bits per heavy atom. The smallest absolute Gasteiger partial charge is 0.146 e. The van der Waals surface area contributed by atoms with Crippen LogP contribution in [0.5, 0.6) is 0 Å². The van der Waals surface area contributed by atoms with Gasteiger partial charge in [0.2, 0.25) is 0 Å². The maximum atomic E-state index is 4.23. The number of anilines is 2. The summed E-state index contributed by atoms with van der Waals surface area (Å²) in [6, 6.07) is 0.589. The summed E-state index contributed by atoms with van der Waals surface area (Å²) in [6.07, 6.45) is 5.39. The lowest BCUT2D eigenvalue weighted by Gasteiger charge is -2.27. The molecule has 1 aromatic rings. The molecule has 1 saturated carbocycles. The summed E-state index contributed by atoms with van der Waals surface area (Å²) in [7, 11) is 0. The lowest BCUT2D eigenvalue weighted by atomic mass is 9.93. The van der Waals surface area contributed by atoms with Gasteiger partial charge in [0.1, 0.15) is 22.4 Å². The highest BCUT2D eigenvalue weighted by atomic mass is 79.9. The van der Waals surface area contributed by atoms with Gasteiger partial charge in [0.25, 0.3) is 0 Å². The largest absolute Gasteiger partial charge is 0.369 e. The monoisotopic (exact) mass is 270 g/mol. The highest BCUT2D eigenvalue weighted by Gasteiger charge is 2.19. The topological polar surface area (TPSA) is 49.8 Å². The van der Waals surface area contributed by atoms with Crippen molar-refractivity contribution in [1.29, 1.82) is 0 Å². The molecule has 0 bridgehead atoms. The van der Waals surface area contributed by atoms with E-state index < -0.39 is 0 Å². The summed E-state index contributed by atoms with van der Waals surface area (Å²) < 4.78 is 0.929. The third-order valence-electron chi connectivity index (χ3n) is 2.58. The molecule has 1 aliphatic rings. The van der Waals surface area contributed by atoms with Crippen LogP contribution in [0.4, 0.5) is 11.6 Å². The number of nitrogens with one attached hydrogen (secondary N) is 2. The van der Waals surface area contributed by atoms with E-state index in [4.69, 9.17) is 0 Å². The van der Waals surface area contributed by atoms with Crippen molar-refractivity contribution >= 4 is 27.6 Å². The Bertz CT molecular complexity index is 338. The van der Waals surface area contributed by atoms with E-state index in [1.165, 1.54) is 19.3 Å². The average Bonchev–Trinajstić information content (AvgIpc) is 2.17. The SMILES string of the molecule is CCNc1ncnc(NC2CCC2)c1Br. The lowest BCUT2D eigenvalue weighted by molar-refractivity contribution is 0.444. The van der Waals surface area contributed by atoms with Crippen molar-refractivity contribution in [2.24, 2.45) is 0 Å². The molecule has 1 fully saturated rings. The van der Waals surface area contributed by atoms with Crippen molar-refractivity contribution in [2.75, 3.05) is 17.2 Å². The van der Waals surface area contributed by atoms with Crippen molar-refractivity contribution in [3.05, 3.63) is 10.8 Å². The van der Waals surface area contributed by atoms with Gasteiger partial charge < -0.3 is 10.6 Å². The number of nitrogens with zero attached hydrogens (tertiary/aromatic N) is 2. The Hall–Kier alpha value is -0.840. The van der Waals surface area contributed by atoms with Crippen molar-refractivity contribution in [1.82, 2.24) is 9.97 Å². The third kappa shape index (κ3) is 2.40. The summed E-state index contributed by atoms with van der Waals surface area (Å²) >= 11 is 3.51. The molecule has 0 atom stereocenters. The molecule has 1 aromatic heterocycles. The zero-order chi connectivity index (χ0) is 10.7. The molecular weight excluding hydrogens is 256 g/mol. The highest BCUT2D eigenvalue weighted by Crippen LogP contribution is 2.30. The van der Waals surface area contributed by atoms with Gasteiger partial charge >= 0.3 is 0 Å². The third-order valence-corrected chi connectivity index (χ3v) is 3.33. The van der Waals surface area contributed by atoms with E-state index in [0.29, 0.717) is 6.04 Å². The Balaban J connectivity index is 2.11. The van der Waals surface area contributed by atoms with Crippen LogP contribution in [0.15, 0.2) is 10.8 Å². The molecule has 1 heterocycles. The summed E-state index contributed by atoms with van der Waals surface area (Å²) in [5, 5.41) is 6.59. The molecule has 2 rings (SSSR count). The number of hydrogen-bond donors (Lipinski definition) is 2. The second-order valence-corrected chi connectivity index (χ2v) is 4.48. The van der Waals surface area contributed by atoms with Gasteiger partial charge in [-0.05, 0) is 42.1 Å². The van der Waals surface area contributed by atoms with E-state index in [1.54, 1.807) is 6.33 Å². The van der Waals surface area contributed by atoms with Gasteiger partial charge in [-0.1, -0.05) is 0 Å². The van der Waals surface area contributed by atoms with Gasteiger partial charge in [-0.2, -0.15) is 0 Å². The van der Waals surface area contributed by atoms with Crippen LogP contribution in [0.2, 0.25) is 0 Å². The van der Waals surface area contributed by atoms with Crippen LogP contribution in [0, 0.1) is 0 Å². The highest BCUT2D eigenvalue weighted by molar-refractivity contribution is 9.10. The molecule has 2 N–H and O–H groups in total. The molecule has 0 aliphatic heterocycles. The van der Waals surface area contributed by atoms with Crippen LogP contribution < -0.4 is 10.6 Å². The molecule has 1 aliphatic carbocycles. The van der Waals surface area contributed by atoms with Crippen LogP contribution in [-0.2, 0) is 0 Å². The first-order valence-electron chi connectivity index (χ1n) is 5.32. The minimum absolute atomic E-state index is 0.589. The first-order chi connectivity index (χ1) is 7.31. The predicted molar refractivity (Wildman–Crippen MR) is 65.2 cm³/mol. The first kappa shape index (κ1) is 10.7.